The van der Waals surface area contributed by atoms with Crippen LogP contribution >= 0.6 is 0 Å². The molecule has 0 aromatic rings. The maximum atomic E-state index is 13.1. The highest BCUT2D eigenvalue weighted by Gasteiger charge is 2.31. The zero-order valence-corrected chi connectivity index (χ0v) is 7.39. The molecule has 0 spiro atoms. The summed E-state index contributed by atoms with van der Waals surface area (Å²) in [4.78, 5) is 0. The minimum absolute atomic E-state index is 0.205. The van der Waals surface area contributed by atoms with E-state index in [4.69, 9.17) is 5.73 Å². The van der Waals surface area contributed by atoms with Crippen molar-refractivity contribution in [1.29, 1.82) is 0 Å². The minimum atomic E-state index is -0.754. The van der Waals surface area contributed by atoms with Gasteiger partial charge in [0, 0.05) is 6.04 Å². The highest BCUT2D eigenvalue weighted by atomic mass is 19.1. The third kappa shape index (κ3) is 1.92. The van der Waals surface area contributed by atoms with Crippen LogP contribution in [0.5, 0.6) is 0 Å². The number of alkyl halides is 1. The predicted molar refractivity (Wildman–Crippen MR) is 45.1 cm³/mol. The summed E-state index contributed by atoms with van der Waals surface area (Å²) in [7, 11) is 0. The van der Waals surface area contributed by atoms with Crippen molar-refractivity contribution in [1.82, 2.24) is 0 Å². The van der Waals surface area contributed by atoms with Crippen molar-refractivity contribution < 1.29 is 4.39 Å². The zero-order valence-electron chi connectivity index (χ0n) is 7.39. The average Bonchev–Trinajstić information content (AvgIpc) is 1.94. The van der Waals surface area contributed by atoms with Crippen molar-refractivity contribution in [2.45, 2.75) is 45.3 Å². The molecule has 66 valence electrons. The van der Waals surface area contributed by atoms with Crippen molar-refractivity contribution in [2.75, 3.05) is 0 Å². The molecule has 1 rings (SSSR count). The second kappa shape index (κ2) is 3.53. The highest BCUT2D eigenvalue weighted by molar-refractivity contribution is 4.86. The molecule has 0 radical (unpaired) electrons. The predicted octanol–water partition coefficient (Wildman–Crippen LogP) is 2.11. The first-order valence-electron chi connectivity index (χ1n) is 4.52. The van der Waals surface area contributed by atoms with Gasteiger partial charge in [-0.3, -0.25) is 0 Å². The topological polar surface area (TPSA) is 26.0 Å². The molecule has 0 aliphatic heterocycles. The van der Waals surface area contributed by atoms with E-state index in [1.54, 1.807) is 0 Å². The average molecular weight is 159 g/mol. The fraction of sp³-hybridized carbons (Fsp3) is 1.00. The molecule has 0 aromatic carbocycles. The third-order valence-electron chi connectivity index (χ3n) is 2.79. The fourth-order valence-electron chi connectivity index (χ4n) is 1.98. The Labute approximate surface area is 68.2 Å². The summed E-state index contributed by atoms with van der Waals surface area (Å²) in [6.07, 6.45) is 2.04. The molecular formula is C9H18FN. The van der Waals surface area contributed by atoms with Crippen LogP contribution in [0.25, 0.3) is 0 Å². The molecule has 0 aromatic heterocycles. The normalized spacial score (nSPS) is 39.5. The van der Waals surface area contributed by atoms with E-state index in [1.165, 1.54) is 0 Å². The zero-order chi connectivity index (χ0) is 8.43. The molecule has 11 heavy (non-hydrogen) atoms. The van der Waals surface area contributed by atoms with Gasteiger partial charge in [-0.1, -0.05) is 20.3 Å². The van der Waals surface area contributed by atoms with Crippen LogP contribution in [0.2, 0.25) is 0 Å². The van der Waals surface area contributed by atoms with E-state index in [1.807, 2.05) is 0 Å². The Morgan fingerprint density at radius 2 is 2.00 bits per heavy atom. The van der Waals surface area contributed by atoms with Crippen LogP contribution in [0, 0.1) is 11.8 Å². The summed E-state index contributed by atoms with van der Waals surface area (Å²) in [6, 6.07) is -0.205. The molecule has 3 atom stereocenters. The Balaban J connectivity index is 2.51. The molecule has 1 aliphatic carbocycles. The lowest BCUT2D eigenvalue weighted by atomic mass is 9.77. The van der Waals surface area contributed by atoms with Crippen LogP contribution in [-0.4, -0.2) is 12.2 Å². The van der Waals surface area contributed by atoms with Gasteiger partial charge in [0.05, 0.1) is 0 Å². The van der Waals surface area contributed by atoms with E-state index in [0.717, 1.165) is 12.8 Å². The summed E-state index contributed by atoms with van der Waals surface area (Å²) in [6.45, 7) is 4.26. The quantitative estimate of drug-likeness (QED) is 0.623. The Morgan fingerprint density at radius 1 is 1.36 bits per heavy atom. The molecular weight excluding hydrogens is 141 g/mol. The van der Waals surface area contributed by atoms with E-state index < -0.39 is 6.17 Å². The molecule has 1 nitrogen and oxygen atoms in total. The highest BCUT2D eigenvalue weighted by Crippen LogP contribution is 2.30. The second-order valence-corrected chi connectivity index (χ2v) is 3.93. The van der Waals surface area contributed by atoms with Crippen molar-refractivity contribution >= 4 is 0 Å². The number of halogens is 1. The number of rotatable bonds is 1. The second-order valence-electron chi connectivity index (χ2n) is 3.93. The lowest BCUT2D eigenvalue weighted by molar-refractivity contribution is 0.133. The van der Waals surface area contributed by atoms with Crippen LogP contribution in [0.3, 0.4) is 0 Å². The van der Waals surface area contributed by atoms with Crippen LogP contribution < -0.4 is 5.73 Å². The Bertz CT molecular complexity index is 125. The molecule has 0 amide bonds. The Hall–Kier alpha value is -0.110. The fourth-order valence-corrected chi connectivity index (χ4v) is 1.98. The molecule has 0 saturated heterocycles. The van der Waals surface area contributed by atoms with Gasteiger partial charge in [0.15, 0.2) is 0 Å². The smallest absolute Gasteiger partial charge is 0.115 e. The Morgan fingerprint density at radius 3 is 2.45 bits per heavy atom. The number of hydrogen-bond donors (Lipinski definition) is 1. The van der Waals surface area contributed by atoms with Crippen molar-refractivity contribution in [3.8, 4) is 0 Å². The molecule has 1 saturated carbocycles. The van der Waals surface area contributed by atoms with Gasteiger partial charge in [-0.25, -0.2) is 4.39 Å². The van der Waals surface area contributed by atoms with Gasteiger partial charge >= 0.3 is 0 Å². The van der Waals surface area contributed by atoms with Crippen molar-refractivity contribution in [3.05, 3.63) is 0 Å². The largest absolute Gasteiger partial charge is 0.325 e. The van der Waals surface area contributed by atoms with Gasteiger partial charge in [0.2, 0.25) is 0 Å². The molecule has 2 heteroatoms. The first kappa shape index (κ1) is 8.98. The van der Waals surface area contributed by atoms with Crippen LogP contribution in [0.1, 0.15) is 33.1 Å². The van der Waals surface area contributed by atoms with E-state index in [9.17, 15) is 4.39 Å². The van der Waals surface area contributed by atoms with Crippen molar-refractivity contribution in [2.24, 2.45) is 17.6 Å². The van der Waals surface area contributed by atoms with E-state index >= 15 is 0 Å². The molecule has 1 aliphatic rings. The van der Waals surface area contributed by atoms with Gasteiger partial charge < -0.3 is 5.73 Å². The van der Waals surface area contributed by atoms with Gasteiger partial charge in [0.25, 0.3) is 0 Å². The maximum absolute atomic E-state index is 13.1. The monoisotopic (exact) mass is 159 g/mol. The first-order chi connectivity index (χ1) is 5.13. The van der Waals surface area contributed by atoms with E-state index in [0.29, 0.717) is 18.3 Å². The van der Waals surface area contributed by atoms with Gasteiger partial charge in [-0.05, 0) is 24.7 Å². The van der Waals surface area contributed by atoms with Gasteiger partial charge in [0.1, 0.15) is 6.17 Å². The van der Waals surface area contributed by atoms with E-state index in [2.05, 4.69) is 13.8 Å². The summed E-state index contributed by atoms with van der Waals surface area (Å²) in [5, 5.41) is 0. The third-order valence-corrected chi connectivity index (χ3v) is 2.79. The lowest BCUT2D eigenvalue weighted by Crippen LogP contribution is -2.44. The van der Waals surface area contributed by atoms with Gasteiger partial charge in [-0.15, -0.1) is 0 Å². The maximum Gasteiger partial charge on any atom is 0.115 e. The van der Waals surface area contributed by atoms with Gasteiger partial charge in [-0.2, -0.15) is 0 Å². The molecule has 0 unspecified atom stereocenters. The van der Waals surface area contributed by atoms with Crippen LogP contribution in [0.4, 0.5) is 4.39 Å². The molecule has 0 heterocycles. The minimum Gasteiger partial charge on any atom is -0.325 e. The Kier molecular flexibility index (Phi) is 2.88. The molecule has 0 bridgehead atoms. The summed E-state index contributed by atoms with van der Waals surface area (Å²) >= 11 is 0. The summed E-state index contributed by atoms with van der Waals surface area (Å²) in [5.74, 6) is 0.933. The standard InChI is InChI=1S/C9H18FN/c1-6(2)7-4-3-5-8(10)9(7)11/h6-9H,3-5,11H2,1-2H3/t7-,8-,9-/m1/s1. The number of hydrogen-bond acceptors (Lipinski definition) is 1. The molecule has 2 N–H and O–H groups in total. The van der Waals surface area contributed by atoms with Crippen LogP contribution in [0.15, 0.2) is 0 Å². The SMILES string of the molecule is CC(C)[C@H]1CCC[C@@H](F)[C@@H]1N. The number of nitrogens with two attached hydrogens (primary N) is 1. The summed E-state index contributed by atoms with van der Waals surface area (Å²) in [5.41, 5.74) is 5.75. The molecule has 1 fully saturated rings. The summed E-state index contributed by atoms with van der Waals surface area (Å²) < 4.78 is 13.1. The van der Waals surface area contributed by atoms with Crippen molar-refractivity contribution in [3.63, 3.8) is 0 Å². The first-order valence-corrected chi connectivity index (χ1v) is 4.52. The van der Waals surface area contributed by atoms with Crippen LogP contribution in [-0.2, 0) is 0 Å². The lowest BCUT2D eigenvalue weighted by Gasteiger charge is -2.34. The van der Waals surface area contributed by atoms with E-state index in [-0.39, 0.29) is 6.04 Å².